The second kappa shape index (κ2) is 7.21. The van der Waals surface area contributed by atoms with Crippen molar-refractivity contribution in [1.82, 2.24) is 10.1 Å². The van der Waals surface area contributed by atoms with Crippen molar-refractivity contribution in [2.75, 3.05) is 7.05 Å². The molecule has 0 saturated heterocycles. The van der Waals surface area contributed by atoms with Gasteiger partial charge in [0.25, 0.3) is 11.8 Å². The number of hydrogen-bond acceptors (Lipinski definition) is 4. The predicted octanol–water partition coefficient (Wildman–Crippen LogP) is 2.99. The zero-order chi connectivity index (χ0) is 17.9. The van der Waals surface area contributed by atoms with E-state index in [2.05, 4.69) is 19.7 Å². The van der Waals surface area contributed by atoms with Gasteiger partial charge in [0.2, 0.25) is 0 Å². The van der Waals surface area contributed by atoms with Crippen molar-refractivity contribution >= 4 is 11.8 Å². The van der Waals surface area contributed by atoms with E-state index in [9.17, 15) is 9.59 Å². The van der Waals surface area contributed by atoms with Gasteiger partial charge in [0.05, 0.1) is 11.6 Å². The molecule has 6 nitrogen and oxygen atoms in total. The first kappa shape index (κ1) is 17.6. The summed E-state index contributed by atoms with van der Waals surface area (Å²) in [5.41, 5.74) is 1.65. The van der Waals surface area contributed by atoms with Crippen LogP contribution in [0.3, 0.4) is 0 Å². The Balaban J connectivity index is 1.64. The second-order valence-electron chi connectivity index (χ2n) is 5.78. The van der Waals surface area contributed by atoms with Gasteiger partial charge in [0, 0.05) is 26.0 Å². The first-order chi connectivity index (χ1) is 11.3. The predicted molar refractivity (Wildman–Crippen MR) is 89.4 cm³/mol. The van der Waals surface area contributed by atoms with E-state index in [0.717, 1.165) is 5.06 Å². The fraction of sp³-hybridized carbons (Fsp3) is 0.333. The Kier molecular flexibility index (Phi) is 5.28. The standard InChI is InChI=1S/C18H22N2O4/c1-12-11-16(12)15(4)24-19(5)17(21)8-6-7-14(3)23-20-13(2)9-10-18(20)22/h9-11,16H,2-4,6-8H2,1,5H3. The highest BCUT2D eigenvalue weighted by Crippen LogP contribution is 2.34. The van der Waals surface area contributed by atoms with Gasteiger partial charge >= 0.3 is 0 Å². The lowest BCUT2D eigenvalue weighted by Crippen LogP contribution is -2.27. The van der Waals surface area contributed by atoms with E-state index in [1.807, 2.05) is 13.0 Å². The number of nitrogens with zero attached hydrogens (tertiary/aromatic N) is 2. The van der Waals surface area contributed by atoms with Crippen LogP contribution in [0.4, 0.5) is 0 Å². The molecule has 1 atom stereocenters. The average Bonchev–Trinajstić information content (AvgIpc) is 3.18. The Morgan fingerprint density at radius 3 is 2.54 bits per heavy atom. The van der Waals surface area contributed by atoms with Crippen LogP contribution >= 0.6 is 0 Å². The zero-order valence-corrected chi connectivity index (χ0v) is 14.1. The monoisotopic (exact) mass is 330 g/mol. The quantitative estimate of drug-likeness (QED) is 0.370. The third-order valence-corrected chi connectivity index (χ3v) is 3.71. The summed E-state index contributed by atoms with van der Waals surface area (Å²) < 4.78 is 0. The largest absolute Gasteiger partial charge is 0.381 e. The van der Waals surface area contributed by atoms with Gasteiger partial charge in [-0.15, -0.1) is 5.06 Å². The van der Waals surface area contributed by atoms with E-state index in [4.69, 9.17) is 9.68 Å². The molecule has 0 saturated carbocycles. The average molecular weight is 330 g/mol. The number of allylic oxidation sites excluding steroid dienone is 3. The van der Waals surface area contributed by atoms with Crippen LogP contribution in [0, 0.1) is 5.92 Å². The minimum atomic E-state index is -0.298. The third-order valence-electron chi connectivity index (χ3n) is 3.71. The van der Waals surface area contributed by atoms with Gasteiger partial charge in [-0.1, -0.05) is 31.4 Å². The maximum absolute atomic E-state index is 12.0. The first-order valence-electron chi connectivity index (χ1n) is 7.68. The summed E-state index contributed by atoms with van der Waals surface area (Å²) >= 11 is 0. The number of carbonyl (C=O) groups is 2. The highest BCUT2D eigenvalue weighted by molar-refractivity contribution is 5.92. The molecule has 6 heteroatoms. The second-order valence-corrected chi connectivity index (χ2v) is 5.78. The third kappa shape index (κ3) is 4.38. The van der Waals surface area contributed by atoms with Crippen LogP contribution in [0.15, 0.2) is 60.8 Å². The van der Waals surface area contributed by atoms with Crippen LogP contribution in [-0.4, -0.2) is 29.0 Å². The Labute approximate surface area is 141 Å². The van der Waals surface area contributed by atoms with Crippen LogP contribution in [0.5, 0.6) is 0 Å². The maximum atomic E-state index is 12.0. The fourth-order valence-corrected chi connectivity index (χ4v) is 2.16. The molecule has 0 fully saturated rings. The van der Waals surface area contributed by atoms with Crippen LogP contribution in [0.1, 0.15) is 26.2 Å². The van der Waals surface area contributed by atoms with Gasteiger partial charge in [-0.2, -0.15) is 5.06 Å². The van der Waals surface area contributed by atoms with E-state index in [1.54, 1.807) is 13.1 Å². The van der Waals surface area contributed by atoms with Crippen molar-refractivity contribution in [3.8, 4) is 0 Å². The van der Waals surface area contributed by atoms with Crippen molar-refractivity contribution in [2.24, 2.45) is 5.92 Å². The summed E-state index contributed by atoms with van der Waals surface area (Å²) in [4.78, 5) is 34.3. The molecule has 0 N–H and O–H groups in total. The van der Waals surface area contributed by atoms with Gasteiger partial charge in [-0.05, 0) is 19.4 Å². The molecule has 2 rings (SSSR count). The van der Waals surface area contributed by atoms with Crippen LogP contribution in [0.2, 0.25) is 0 Å². The SMILES string of the molecule is C=C(CCCC(=O)N(C)OC(=C)C1C=C1C)ON1C(=C)C=CC1=O. The Morgan fingerprint density at radius 1 is 1.33 bits per heavy atom. The summed E-state index contributed by atoms with van der Waals surface area (Å²) in [6, 6.07) is 0. The van der Waals surface area contributed by atoms with E-state index in [0.29, 0.717) is 30.1 Å². The summed E-state index contributed by atoms with van der Waals surface area (Å²) in [5.74, 6) is 0.632. The molecular formula is C18H22N2O4. The van der Waals surface area contributed by atoms with Crippen molar-refractivity contribution in [1.29, 1.82) is 0 Å². The molecule has 24 heavy (non-hydrogen) atoms. The molecule has 0 aromatic carbocycles. The topological polar surface area (TPSA) is 59.1 Å². The van der Waals surface area contributed by atoms with E-state index < -0.39 is 0 Å². The molecule has 0 spiro atoms. The highest BCUT2D eigenvalue weighted by atomic mass is 16.7. The summed E-state index contributed by atoms with van der Waals surface area (Å²) in [5, 5.41) is 2.27. The van der Waals surface area contributed by atoms with Crippen LogP contribution in [0.25, 0.3) is 0 Å². The maximum Gasteiger partial charge on any atom is 0.284 e. The smallest absolute Gasteiger partial charge is 0.284 e. The normalized spacial score (nSPS) is 18.3. The molecule has 0 bridgehead atoms. The molecule has 0 aromatic rings. The van der Waals surface area contributed by atoms with E-state index in [1.165, 1.54) is 16.7 Å². The molecule has 1 aliphatic heterocycles. The van der Waals surface area contributed by atoms with E-state index in [-0.39, 0.29) is 24.2 Å². The minimum absolute atomic E-state index is 0.146. The van der Waals surface area contributed by atoms with Gasteiger partial charge in [-0.3, -0.25) is 9.59 Å². The Hall–Kier alpha value is -2.76. The lowest BCUT2D eigenvalue weighted by atomic mass is 10.2. The zero-order valence-electron chi connectivity index (χ0n) is 14.1. The van der Waals surface area contributed by atoms with E-state index >= 15 is 0 Å². The molecule has 1 aliphatic carbocycles. The number of hydrogen-bond donors (Lipinski definition) is 0. The highest BCUT2D eigenvalue weighted by Gasteiger charge is 2.27. The van der Waals surface area contributed by atoms with Gasteiger partial charge < -0.3 is 9.68 Å². The Bertz CT molecular complexity index is 642. The molecular weight excluding hydrogens is 308 g/mol. The molecule has 128 valence electrons. The van der Waals surface area contributed by atoms with Crippen molar-refractivity contribution < 1.29 is 19.3 Å². The molecule has 0 radical (unpaired) electrons. The molecule has 1 unspecified atom stereocenters. The van der Waals surface area contributed by atoms with Gasteiger partial charge in [0.1, 0.15) is 11.5 Å². The number of hydroxylamine groups is 4. The lowest BCUT2D eigenvalue weighted by molar-refractivity contribution is -0.166. The molecule has 2 amide bonds. The lowest BCUT2D eigenvalue weighted by Gasteiger charge is -2.20. The number of carbonyl (C=O) groups excluding carboxylic acids is 2. The fourth-order valence-electron chi connectivity index (χ4n) is 2.16. The van der Waals surface area contributed by atoms with Crippen LogP contribution in [-0.2, 0) is 19.3 Å². The minimum Gasteiger partial charge on any atom is -0.381 e. The molecule has 1 heterocycles. The number of rotatable bonds is 9. The summed E-state index contributed by atoms with van der Waals surface area (Å²) in [6.45, 7) is 13.2. The van der Waals surface area contributed by atoms with Gasteiger partial charge in [-0.25, -0.2) is 0 Å². The van der Waals surface area contributed by atoms with Crippen molar-refractivity contribution in [2.45, 2.75) is 26.2 Å². The van der Waals surface area contributed by atoms with Gasteiger partial charge in [0.15, 0.2) is 0 Å². The molecule has 2 aliphatic rings. The van der Waals surface area contributed by atoms with Crippen LogP contribution < -0.4 is 0 Å². The Morgan fingerprint density at radius 2 is 2.00 bits per heavy atom. The first-order valence-corrected chi connectivity index (χ1v) is 7.68. The van der Waals surface area contributed by atoms with Crippen molar-refractivity contribution in [3.63, 3.8) is 0 Å². The molecule has 0 aromatic heterocycles. The summed E-state index contributed by atoms with van der Waals surface area (Å²) in [6.07, 6.45) is 6.20. The number of amides is 2. The van der Waals surface area contributed by atoms with Crippen molar-refractivity contribution in [3.05, 3.63) is 60.8 Å². The summed E-state index contributed by atoms with van der Waals surface area (Å²) in [7, 11) is 1.56.